The maximum atomic E-state index is 13.0. The molecule has 4 atom stereocenters. The fourth-order valence-corrected chi connectivity index (χ4v) is 3.05. The van der Waals surface area contributed by atoms with Crippen molar-refractivity contribution in [1.29, 1.82) is 0 Å². The zero-order valence-electron chi connectivity index (χ0n) is 18.7. The zero-order chi connectivity index (χ0) is 25.0. The maximum absolute atomic E-state index is 13.0. The number of carbonyl (C=O) groups excluding carboxylic acids is 3. The van der Waals surface area contributed by atoms with Crippen molar-refractivity contribution in [1.82, 2.24) is 16.0 Å². The first kappa shape index (κ1) is 27.6. The van der Waals surface area contributed by atoms with E-state index in [1.54, 1.807) is 38.1 Å². The van der Waals surface area contributed by atoms with Gasteiger partial charge in [-0.15, -0.1) is 0 Å². The second kappa shape index (κ2) is 13.8. The number of hydrogen-bond donors (Lipinski definition) is 6. The topological polar surface area (TPSA) is 188 Å². The average molecular weight is 465 g/mol. The number of amides is 3. The molecule has 11 heteroatoms. The summed E-state index contributed by atoms with van der Waals surface area (Å²) in [5.74, 6) is -4.86. The lowest BCUT2D eigenvalue weighted by molar-refractivity contribution is -0.143. The van der Waals surface area contributed by atoms with Crippen molar-refractivity contribution in [3.63, 3.8) is 0 Å². The summed E-state index contributed by atoms with van der Waals surface area (Å²) in [5.41, 5.74) is 6.14. The van der Waals surface area contributed by atoms with Gasteiger partial charge in [-0.25, -0.2) is 4.79 Å². The van der Waals surface area contributed by atoms with E-state index in [1.165, 1.54) is 0 Å². The Bertz CT molecular complexity index is 831. The number of carboxylic acids is 2. The molecular formula is C22H32N4O7. The van der Waals surface area contributed by atoms with Gasteiger partial charge in [0.15, 0.2) is 0 Å². The van der Waals surface area contributed by atoms with Crippen molar-refractivity contribution >= 4 is 29.7 Å². The number of carboxylic acid groups (broad SMARTS) is 2. The minimum Gasteiger partial charge on any atom is -0.481 e. The van der Waals surface area contributed by atoms with E-state index in [9.17, 15) is 29.1 Å². The molecule has 1 aromatic carbocycles. The molecule has 7 N–H and O–H groups in total. The molecule has 182 valence electrons. The largest absolute Gasteiger partial charge is 0.481 e. The Morgan fingerprint density at radius 3 is 2.09 bits per heavy atom. The summed E-state index contributed by atoms with van der Waals surface area (Å²) in [6, 6.07) is 5.42. The second-order valence-corrected chi connectivity index (χ2v) is 7.72. The van der Waals surface area contributed by atoms with Gasteiger partial charge in [-0.05, 0) is 17.9 Å². The number of hydrogen-bond acceptors (Lipinski definition) is 6. The van der Waals surface area contributed by atoms with Crippen LogP contribution in [0, 0.1) is 5.92 Å². The Morgan fingerprint density at radius 2 is 1.58 bits per heavy atom. The van der Waals surface area contributed by atoms with Gasteiger partial charge >= 0.3 is 11.9 Å². The van der Waals surface area contributed by atoms with Crippen LogP contribution in [0.1, 0.15) is 38.7 Å². The lowest BCUT2D eigenvalue weighted by Crippen LogP contribution is -2.58. The van der Waals surface area contributed by atoms with Gasteiger partial charge in [0.25, 0.3) is 0 Å². The predicted octanol–water partition coefficient (Wildman–Crippen LogP) is -0.362. The summed E-state index contributed by atoms with van der Waals surface area (Å²) in [6.07, 6.45) is -0.101. The zero-order valence-corrected chi connectivity index (χ0v) is 18.7. The number of aliphatic carboxylic acids is 2. The van der Waals surface area contributed by atoms with E-state index >= 15 is 0 Å². The molecule has 1 aromatic rings. The average Bonchev–Trinajstić information content (AvgIpc) is 2.78. The summed E-state index contributed by atoms with van der Waals surface area (Å²) in [6.45, 7) is 3.19. The predicted molar refractivity (Wildman–Crippen MR) is 119 cm³/mol. The number of nitrogens with two attached hydrogens (primary N) is 1. The van der Waals surface area contributed by atoms with Crippen LogP contribution in [0.4, 0.5) is 0 Å². The smallest absolute Gasteiger partial charge is 0.326 e. The van der Waals surface area contributed by atoms with Crippen molar-refractivity contribution in [3.8, 4) is 0 Å². The van der Waals surface area contributed by atoms with Crippen molar-refractivity contribution in [2.24, 2.45) is 11.7 Å². The van der Waals surface area contributed by atoms with Crippen LogP contribution in [0.25, 0.3) is 0 Å². The first-order valence-corrected chi connectivity index (χ1v) is 10.7. The van der Waals surface area contributed by atoms with Gasteiger partial charge in [-0.1, -0.05) is 50.6 Å². The first-order valence-electron chi connectivity index (χ1n) is 10.7. The standard InChI is InChI=1S/C22H32N4O7/c1-3-13(2)19(21(31)25-15(22(32)33)9-10-18(28)29)26-20(30)16(24-17(27)12-23)11-14-7-5-4-6-8-14/h4-8,13,15-16,19H,3,9-12,23H2,1-2H3,(H,24,27)(H,25,31)(H,26,30)(H,28,29)(H,32,33). The summed E-state index contributed by atoms with van der Waals surface area (Å²) in [4.78, 5) is 60.0. The number of benzene rings is 1. The third-order valence-corrected chi connectivity index (χ3v) is 5.17. The monoisotopic (exact) mass is 464 g/mol. The van der Waals surface area contributed by atoms with Crippen LogP contribution >= 0.6 is 0 Å². The van der Waals surface area contributed by atoms with Crippen LogP contribution in [0.2, 0.25) is 0 Å². The van der Waals surface area contributed by atoms with Crippen molar-refractivity contribution in [3.05, 3.63) is 35.9 Å². The SMILES string of the molecule is CCC(C)C(NC(=O)C(Cc1ccccc1)NC(=O)CN)C(=O)NC(CCC(=O)O)C(=O)O. The van der Waals surface area contributed by atoms with Crippen LogP contribution in [-0.2, 0) is 30.4 Å². The molecule has 11 nitrogen and oxygen atoms in total. The van der Waals surface area contributed by atoms with Gasteiger partial charge in [-0.3, -0.25) is 19.2 Å². The molecular weight excluding hydrogens is 432 g/mol. The van der Waals surface area contributed by atoms with Crippen molar-refractivity contribution in [2.75, 3.05) is 6.54 Å². The van der Waals surface area contributed by atoms with Gasteiger partial charge in [-0.2, -0.15) is 0 Å². The Kier molecular flexibility index (Phi) is 11.6. The summed E-state index contributed by atoms with van der Waals surface area (Å²) in [7, 11) is 0. The third kappa shape index (κ3) is 9.69. The fourth-order valence-electron chi connectivity index (χ4n) is 3.05. The van der Waals surface area contributed by atoms with Crippen LogP contribution < -0.4 is 21.7 Å². The Morgan fingerprint density at radius 1 is 0.939 bits per heavy atom. The highest BCUT2D eigenvalue weighted by molar-refractivity contribution is 5.94. The number of nitrogens with one attached hydrogen (secondary N) is 3. The van der Waals surface area contributed by atoms with E-state index in [1.807, 2.05) is 6.07 Å². The van der Waals surface area contributed by atoms with Crippen LogP contribution in [0.3, 0.4) is 0 Å². The molecule has 0 spiro atoms. The van der Waals surface area contributed by atoms with Gasteiger partial charge in [0.05, 0.1) is 6.54 Å². The van der Waals surface area contributed by atoms with E-state index in [4.69, 9.17) is 10.8 Å². The van der Waals surface area contributed by atoms with Crippen molar-refractivity contribution < 1.29 is 34.2 Å². The minimum atomic E-state index is -1.42. The van der Waals surface area contributed by atoms with Gasteiger partial charge in [0.2, 0.25) is 17.7 Å². The molecule has 0 heterocycles. The summed E-state index contributed by atoms with van der Waals surface area (Å²) < 4.78 is 0. The lowest BCUT2D eigenvalue weighted by Gasteiger charge is -2.27. The molecule has 0 radical (unpaired) electrons. The van der Waals surface area contributed by atoms with E-state index in [2.05, 4.69) is 16.0 Å². The molecule has 0 aliphatic rings. The molecule has 0 fully saturated rings. The van der Waals surface area contributed by atoms with Crippen LogP contribution in [-0.4, -0.2) is 64.5 Å². The quantitative estimate of drug-likeness (QED) is 0.215. The lowest BCUT2D eigenvalue weighted by atomic mass is 9.96. The first-order chi connectivity index (χ1) is 15.6. The molecule has 4 unspecified atom stereocenters. The molecule has 33 heavy (non-hydrogen) atoms. The van der Waals surface area contributed by atoms with Gasteiger partial charge in [0, 0.05) is 12.8 Å². The molecule has 3 amide bonds. The Labute approximate surface area is 192 Å². The van der Waals surface area contributed by atoms with Crippen LogP contribution in [0.5, 0.6) is 0 Å². The van der Waals surface area contributed by atoms with Gasteiger partial charge < -0.3 is 31.9 Å². The van der Waals surface area contributed by atoms with Crippen LogP contribution in [0.15, 0.2) is 30.3 Å². The highest BCUT2D eigenvalue weighted by Gasteiger charge is 2.32. The molecule has 0 saturated carbocycles. The van der Waals surface area contributed by atoms with Crippen molar-refractivity contribution in [2.45, 2.75) is 57.7 Å². The highest BCUT2D eigenvalue weighted by Crippen LogP contribution is 2.11. The van der Waals surface area contributed by atoms with E-state index in [-0.39, 0.29) is 25.3 Å². The highest BCUT2D eigenvalue weighted by atomic mass is 16.4. The van der Waals surface area contributed by atoms with E-state index < -0.39 is 54.2 Å². The third-order valence-electron chi connectivity index (χ3n) is 5.17. The molecule has 0 aliphatic heterocycles. The Balaban J connectivity index is 3.03. The number of carbonyl (C=O) groups is 5. The maximum Gasteiger partial charge on any atom is 0.326 e. The van der Waals surface area contributed by atoms with E-state index in [0.29, 0.717) is 6.42 Å². The normalized spacial score (nSPS) is 14.3. The minimum absolute atomic E-state index is 0.156. The van der Waals surface area contributed by atoms with Gasteiger partial charge in [0.1, 0.15) is 18.1 Å². The molecule has 0 aromatic heterocycles. The molecule has 0 saturated heterocycles. The summed E-state index contributed by atoms with van der Waals surface area (Å²) in [5, 5.41) is 25.6. The Hall–Kier alpha value is -3.47. The molecule has 0 aliphatic carbocycles. The number of rotatable bonds is 14. The fraction of sp³-hybridized carbons (Fsp3) is 0.500. The van der Waals surface area contributed by atoms with E-state index in [0.717, 1.165) is 5.56 Å². The summed E-state index contributed by atoms with van der Waals surface area (Å²) >= 11 is 0. The second-order valence-electron chi connectivity index (χ2n) is 7.72. The molecule has 1 rings (SSSR count). The molecule has 0 bridgehead atoms.